The fourth-order valence-electron chi connectivity index (χ4n) is 0. The molecule has 3 N–H and O–H groups in total. The van der Waals surface area contributed by atoms with Crippen molar-refractivity contribution in [2.24, 2.45) is 0 Å². The van der Waals surface area contributed by atoms with E-state index in [2.05, 4.69) is 0 Å². The van der Waals surface area contributed by atoms with Gasteiger partial charge >= 0.3 is 10.4 Å². The van der Waals surface area contributed by atoms with Crippen LogP contribution in [0.4, 0.5) is 0 Å². The second-order valence-corrected chi connectivity index (χ2v) is 1.66. The minimum absolute atomic E-state index is 0. The molecule has 0 fully saturated rings. The van der Waals surface area contributed by atoms with E-state index in [1.807, 2.05) is 0 Å². The molecule has 0 aromatic carbocycles. The van der Waals surface area contributed by atoms with Gasteiger partial charge in [0.15, 0.2) is 0 Å². The van der Waals surface area contributed by atoms with Crippen molar-refractivity contribution in [3.63, 3.8) is 0 Å². The summed E-state index contributed by atoms with van der Waals surface area (Å²) >= 11 is 0. The molecule has 0 bridgehead atoms. The van der Waals surface area contributed by atoms with Crippen LogP contribution in [0, 0.1) is 0 Å². The monoisotopic (exact) mass is 200 g/mol. The second kappa shape index (κ2) is 8.35. The Morgan fingerprint density at radius 1 is 1.33 bits per heavy atom. The van der Waals surface area contributed by atoms with Gasteiger partial charge in [0.05, 0.1) is 0 Å². The van der Waals surface area contributed by atoms with Crippen molar-refractivity contribution in [3.05, 3.63) is 0 Å². The van der Waals surface area contributed by atoms with E-state index in [1.54, 1.807) is 6.92 Å². The molecule has 60 valence electrons. The zero-order valence-electron chi connectivity index (χ0n) is 4.63. The first-order valence-electron chi connectivity index (χ1n) is 1.72. The normalized spacial score (nSPS) is 8.44. The summed E-state index contributed by atoms with van der Waals surface area (Å²) in [7, 11) is -4.67. The zero-order chi connectivity index (χ0) is 7.21. The van der Waals surface area contributed by atoms with Crippen LogP contribution in [0.25, 0.3) is 0 Å². The van der Waals surface area contributed by atoms with Gasteiger partial charge in [-0.05, 0) is 6.92 Å². The van der Waals surface area contributed by atoms with Gasteiger partial charge in [-0.15, -0.1) is 0 Å². The minimum atomic E-state index is -4.67. The Bertz CT molecular complexity index is 109. The largest absolute Gasteiger partial charge is 0.397 e. The summed E-state index contributed by atoms with van der Waals surface area (Å²) in [6.45, 7) is 1.93. The Hall–Kier alpha value is 0.349. The average Bonchev–Trinajstić information content (AvgIpc) is 1.27. The van der Waals surface area contributed by atoms with Crippen LogP contribution in [0.3, 0.4) is 0 Å². The molecular weight excluding hydrogens is 192 g/mol. The smallest absolute Gasteiger partial charge is 0.394 e. The molecule has 0 saturated carbocycles. The third-order valence-electron chi connectivity index (χ3n) is 0. The zero-order valence-corrected chi connectivity index (χ0v) is 6.55. The maximum Gasteiger partial charge on any atom is 0.394 e. The third kappa shape index (κ3) is 2760. The van der Waals surface area contributed by atoms with Crippen LogP contribution in [0.15, 0.2) is 0 Å². The average molecular weight is 200 g/mol. The fraction of sp³-hybridized carbons (Fsp3) is 1.00. The van der Waals surface area contributed by atoms with Crippen molar-refractivity contribution in [2.75, 3.05) is 6.61 Å². The Kier molecular flexibility index (Phi) is 15.0. The van der Waals surface area contributed by atoms with E-state index in [1.165, 1.54) is 0 Å². The molecule has 0 saturated heterocycles. The van der Waals surface area contributed by atoms with Gasteiger partial charge in [-0.1, -0.05) is 0 Å². The number of hydrogen-bond donors (Lipinski definition) is 3. The molecule has 0 aromatic heterocycles. The van der Waals surface area contributed by atoms with E-state index in [4.69, 9.17) is 22.6 Å². The Labute approximate surface area is 64.1 Å². The maximum absolute atomic E-state index is 8.74. The van der Waals surface area contributed by atoms with Gasteiger partial charge in [-0.2, -0.15) is 8.42 Å². The maximum atomic E-state index is 8.74. The molecule has 0 aliphatic carbocycles. The predicted octanol–water partition coefficient (Wildman–Crippen LogP) is -0.657. The fourth-order valence-corrected chi connectivity index (χ4v) is 0. The van der Waals surface area contributed by atoms with E-state index in [0.717, 1.165) is 0 Å². The third-order valence-corrected chi connectivity index (χ3v) is 0. The summed E-state index contributed by atoms with van der Waals surface area (Å²) in [6, 6.07) is 0. The standard InChI is InChI=1S/C2H6O.Fe.H2O4S/c1-2-3;;1-5(2,3)4/h3H,2H2,1H3;;(H2,1,2,3,4). The predicted molar refractivity (Wildman–Crippen MR) is 26.9 cm³/mol. The molecule has 0 aliphatic rings. The van der Waals surface area contributed by atoms with Crippen molar-refractivity contribution < 1.29 is 39.7 Å². The molecule has 7 heteroatoms. The van der Waals surface area contributed by atoms with Crippen LogP contribution in [0.2, 0.25) is 0 Å². The van der Waals surface area contributed by atoms with E-state index < -0.39 is 10.4 Å². The summed E-state index contributed by atoms with van der Waals surface area (Å²) in [5.41, 5.74) is 0. The molecule has 5 nitrogen and oxygen atoms in total. The van der Waals surface area contributed by atoms with Gasteiger partial charge in [0.1, 0.15) is 0 Å². The number of rotatable bonds is 0. The molecule has 0 heterocycles. The molecule has 0 amide bonds. The number of aliphatic hydroxyl groups is 1. The number of aliphatic hydroxyl groups excluding tert-OH is 1. The SMILES string of the molecule is CCO.O=S(=O)(O)O.[Fe]. The van der Waals surface area contributed by atoms with Gasteiger partial charge in [0.25, 0.3) is 0 Å². The summed E-state index contributed by atoms with van der Waals surface area (Å²) in [5, 5.41) is 7.57. The molecule has 0 aliphatic heterocycles. The van der Waals surface area contributed by atoms with Crippen molar-refractivity contribution in [1.29, 1.82) is 0 Å². The van der Waals surface area contributed by atoms with Crippen molar-refractivity contribution in [2.45, 2.75) is 6.92 Å². The van der Waals surface area contributed by atoms with Crippen LogP contribution in [0.5, 0.6) is 0 Å². The number of hydrogen-bond acceptors (Lipinski definition) is 3. The van der Waals surface area contributed by atoms with E-state index in [0.29, 0.717) is 0 Å². The summed E-state index contributed by atoms with van der Waals surface area (Å²) in [6.07, 6.45) is 0. The molecule has 9 heavy (non-hydrogen) atoms. The first-order valence-corrected chi connectivity index (χ1v) is 3.12. The first-order chi connectivity index (χ1) is 3.41. The van der Waals surface area contributed by atoms with Crippen LogP contribution < -0.4 is 0 Å². The Morgan fingerprint density at radius 2 is 1.33 bits per heavy atom. The van der Waals surface area contributed by atoms with Crippen LogP contribution in [0.1, 0.15) is 6.92 Å². The second-order valence-electron chi connectivity index (χ2n) is 0.764. The first kappa shape index (κ1) is 16.2. The van der Waals surface area contributed by atoms with Gasteiger partial charge < -0.3 is 5.11 Å². The Morgan fingerprint density at radius 3 is 1.33 bits per heavy atom. The molecule has 0 unspecified atom stereocenters. The molecular formula is C2H8FeO5S. The summed E-state index contributed by atoms with van der Waals surface area (Å²) in [4.78, 5) is 0. The van der Waals surface area contributed by atoms with Gasteiger partial charge in [-0.3, -0.25) is 9.11 Å². The van der Waals surface area contributed by atoms with Crippen molar-refractivity contribution in [3.8, 4) is 0 Å². The molecule has 0 atom stereocenters. The van der Waals surface area contributed by atoms with Gasteiger partial charge in [-0.25, -0.2) is 0 Å². The van der Waals surface area contributed by atoms with Crippen LogP contribution in [-0.4, -0.2) is 29.2 Å². The molecule has 0 radical (unpaired) electrons. The molecule has 0 spiro atoms. The molecule has 0 rings (SSSR count). The van der Waals surface area contributed by atoms with Crippen LogP contribution >= 0.6 is 0 Å². The van der Waals surface area contributed by atoms with Gasteiger partial charge in [0.2, 0.25) is 0 Å². The van der Waals surface area contributed by atoms with Gasteiger partial charge in [0, 0.05) is 23.7 Å². The van der Waals surface area contributed by atoms with E-state index in [-0.39, 0.29) is 23.7 Å². The minimum Gasteiger partial charge on any atom is -0.397 e. The Balaban J connectivity index is -0.0000000800. The topological polar surface area (TPSA) is 94.8 Å². The molecule has 0 aromatic rings. The quantitative estimate of drug-likeness (QED) is 0.356. The summed E-state index contributed by atoms with van der Waals surface area (Å²) in [5.74, 6) is 0. The summed E-state index contributed by atoms with van der Waals surface area (Å²) < 4.78 is 31.6. The van der Waals surface area contributed by atoms with Crippen molar-refractivity contribution >= 4 is 10.4 Å². The van der Waals surface area contributed by atoms with E-state index >= 15 is 0 Å². The van der Waals surface area contributed by atoms with Crippen LogP contribution in [-0.2, 0) is 27.5 Å². The van der Waals surface area contributed by atoms with E-state index in [9.17, 15) is 0 Å². The van der Waals surface area contributed by atoms with Crippen molar-refractivity contribution in [1.82, 2.24) is 0 Å².